The van der Waals surface area contributed by atoms with Crippen LogP contribution in [-0.4, -0.2) is 17.0 Å². The maximum atomic E-state index is 13.5. The third-order valence-electron chi connectivity index (χ3n) is 4.86. The zero-order valence-electron chi connectivity index (χ0n) is 15.9. The molecule has 0 fully saturated rings. The van der Waals surface area contributed by atoms with Crippen LogP contribution in [0, 0.1) is 5.82 Å². The van der Waals surface area contributed by atoms with E-state index in [9.17, 15) is 4.39 Å². The molecule has 0 spiro atoms. The number of halogens is 1. The first kappa shape index (κ1) is 18.3. The molecule has 1 aromatic heterocycles. The van der Waals surface area contributed by atoms with Crippen LogP contribution in [0.2, 0.25) is 0 Å². The zero-order chi connectivity index (χ0) is 20.3. The monoisotopic (exact) mass is 403 g/mol. The van der Waals surface area contributed by atoms with Crippen LogP contribution in [0.5, 0.6) is 11.5 Å². The van der Waals surface area contributed by atoms with Crippen molar-refractivity contribution in [1.29, 1.82) is 0 Å². The van der Waals surface area contributed by atoms with Gasteiger partial charge in [-0.15, -0.1) is 10.2 Å². The second-order valence-electron chi connectivity index (χ2n) is 6.86. The molecule has 0 amide bonds. The third-order valence-corrected chi connectivity index (χ3v) is 4.86. The fourth-order valence-electron chi connectivity index (χ4n) is 3.32. The summed E-state index contributed by atoms with van der Waals surface area (Å²) in [5.74, 6) is 1.99. The van der Waals surface area contributed by atoms with Crippen LogP contribution in [0.3, 0.4) is 0 Å². The van der Waals surface area contributed by atoms with Gasteiger partial charge in [0.1, 0.15) is 11.9 Å². The molecule has 1 aliphatic rings. The lowest BCUT2D eigenvalue weighted by molar-refractivity contribution is 0.174. The summed E-state index contributed by atoms with van der Waals surface area (Å²) in [5, 5.41) is 11.9. The molecule has 4 aromatic rings. The standard InChI is InChI=1S/C23H18FN3O3/c24-18-9-7-16(8-10-18)21(23-27-26-22(30-23)17-4-2-1-3-5-17)25-13-15-6-11-19-20(12-15)29-14-28-19/h1-12,21,25H,13-14H2/t21-/m0/s1. The molecule has 0 saturated carbocycles. The molecule has 1 aliphatic heterocycles. The van der Waals surface area contributed by atoms with Crippen molar-refractivity contribution in [2.24, 2.45) is 0 Å². The molecule has 6 nitrogen and oxygen atoms in total. The van der Waals surface area contributed by atoms with Gasteiger partial charge in [0.2, 0.25) is 18.6 Å². The van der Waals surface area contributed by atoms with Crippen LogP contribution in [0.15, 0.2) is 77.2 Å². The molecule has 0 aliphatic carbocycles. The fraction of sp³-hybridized carbons (Fsp3) is 0.130. The first-order valence-electron chi connectivity index (χ1n) is 9.52. The van der Waals surface area contributed by atoms with Crippen molar-refractivity contribution in [2.45, 2.75) is 12.6 Å². The van der Waals surface area contributed by atoms with Crippen LogP contribution in [0.25, 0.3) is 11.5 Å². The highest BCUT2D eigenvalue weighted by molar-refractivity contribution is 5.52. The molecule has 7 heteroatoms. The number of nitrogens with one attached hydrogen (secondary N) is 1. The maximum absolute atomic E-state index is 13.5. The highest BCUT2D eigenvalue weighted by Gasteiger charge is 2.22. The molecule has 1 atom stereocenters. The number of aromatic nitrogens is 2. The van der Waals surface area contributed by atoms with Crippen LogP contribution in [0.1, 0.15) is 23.1 Å². The minimum Gasteiger partial charge on any atom is -0.454 e. The fourth-order valence-corrected chi connectivity index (χ4v) is 3.32. The van der Waals surface area contributed by atoms with Gasteiger partial charge in [0.15, 0.2) is 11.5 Å². The minimum atomic E-state index is -0.402. The summed E-state index contributed by atoms with van der Waals surface area (Å²) in [4.78, 5) is 0. The van der Waals surface area contributed by atoms with Crippen molar-refractivity contribution in [2.75, 3.05) is 6.79 Å². The summed E-state index contributed by atoms with van der Waals surface area (Å²) in [6.45, 7) is 0.746. The van der Waals surface area contributed by atoms with Crippen molar-refractivity contribution < 1.29 is 18.3 Å². The number of rotatable bonds is 6. The van der Waals surface area contributed by atoms with E-state index in [-0.39, 0.29) is 12.6 Å². The molecule has 0 unspecified atom stereocenters. The summed E-state index contributed by atoms with van der Waals surface area (Å²) in [6.07, 6.45) is 0. The summed E-state index contributed by atoms with van der Waals surface area (Å²) in [7, 11) is 0. The van der Waals surface area contributed by atoms with E-state index < -0.39 is 6.04 Å². The van der Waals surface area contributed by atoms with Crippen LogP contribution >= 0.6 is 0 Å². The van der Waals surface area contributed by atoms with E-state index in [0.29, 0.717) is 18.3 Å². The summed E-state index contributed by atoms with van der Waals surface area (Å²) in [5.41, 5.74) is 2.67. The Kier molecular flexibility index (Phi) is 4.86. The van der Waals surface area contributed by atoms with Gasteiger partial charge in [-0.2, -0.15) is 0 Å². The van der Waals surface area contributed by atoms with Crippen molar-refractivity contribution in [1.82, 2.24) is 15.5 Å². The third kappa shape index (κ3) is 3.75. The maximum Gasteiger partial charge on any atom is 0.247 e. The molecule has 30 heavy (non-hydrogen) atoms. The van der Waals surface area contributed by atoms with Gasteiger partial charge in [-0.05, 0) is 47.5 Å². The molecular formula is C23H18FN3O3. The zero-order valence-corrected chi connectivity index (χ0v) is 15.9. The first-order chi connectivity index (χ1) is 14.8. The van der Waals surface area contributed by atoms with E-state index in [1.807, 2.05) is 48.5 Å². The Balaban J connectivity index is 1.42. The average molecular weight is 403 g/mol. The number of fused-ring (bicyclic) bond motifs is 1. The van der Waals surface area contributed by atoms with Gasteiger partial charge >= 0.3 is 0 Å². The van der Waals surface area contributed by atoms with Crippen molar-refractivity contribution in [3.8, 4) is 23.0 Å². The molecule has 3 aromatic carbocycles. The van der Waals surface area contributed by atoms with Crippen molar-refractivity contribution in [3.63, 3.8) is 0 Å². The second-order valence-corrected chi connectivity index (χ2v) is 6.86. The molecule has 1 N–H and O–H groups in total. The van der Waals surface area contributed by atoms with Crippen LogP contribution in [-0.2, 0) is 6.54 Å². The highest BCUT2D eigenvalue weighted by atomic mass is 19.1. The number of ether oxygens (including phenoxy) is 2. The Hall–Kier alpha value is -3.71. The molecule has 0 radical (unpaired) electrons. The highest BCUT2D eigenvalue weighted by Crippen LogP contribution is 2.33. The van der Waals surface area contributed by atoms with Gasteiger partial charge in [0.05, 0.1) is 0 Å². The van der Waals surface area contributed by atoms with E-state index >= 15 is 0 Å². The molecule has 2 heterocycles. The smallest absolute Gasteiger partial charge is 0.247 e. The molecule has 0 saturated heterocycles. The van der Waals surface area contributed by atoms with Gasteiger partial charge < -0.3 is 13.9 Å². The topological polar surface area (TPSA) is 69.4 Å². The van der Waals surface area contributed by atoms with Gasteiger partial charge in [0, 0.05) is 12.1 Å². The largest absolute Gasteiger partial charge is 0.454 e. The average Bonchev–Trinajstić information content (AvgIpc) is 3.45. The lowest BCUT2D eigenvalue weighted by Crippen LogP contribution is -2.22. The molecule has 150 valence electrons. The minimum absolute atomic E-state index is 0.231. The molecular weight excluding hydrogens is 385 g/mol. The second kappa shape index (κ2) is 7.96. The van der Waals surface area contributed by atoms with E-state index in [2.05, 4.69) is 15.5 Å². The quantitative estimate of drug-likeness (QED) is 0.512. The van der Waals surface area contributed by atoms with Gasteiger partial charge in [-0.25, -0.2) is 4.39 Å². The Morgan fingerprint density at radius 2 is 1.70 bits per heavy atom. The van der Waals surface area contributed by atoms with Crippen molar-refractivity contribution in [3.05, 3.63) is 95.6 Å². The van der Waals surface area contributed by atoms with E-state index in [1.54, 1.807) is 12.1 Å². The molecule has 5 rings (SSSR count). The summed E-state index contributed by atoms with van der Waals surface area (Å²) < 4.78 is 30.2. The van der Waals surface area contributed by atoms with Gasteiger partial charge in [-0.1, -0.05) is 36.4 Å². The summed E-state index contributed by atoms with van der Waals surface area (Å²) >= 11 is 0. The Bertz CT molecular complexity index is 1150. The van der Waals surface area contributed by atoms with E-state index in [4.69, 9.17) is 13.9 Å². The Morgan fingerprint density at radius 1 is 0.900 bits per heavy atom. The number of benzene rings is 3. The van der Waals surface area contributed by atoms with Gasteiger partial charge in [-0.3, -0.25) is 5.32 Å². The lowest BCUT2D eigenvalue weighted by atomic mass is 10.1. The van der Waals surface area contributed by atoms with Crippen molar-refractivity contribution >= 4 is 0 Å². The number of hydrogen-bond donors (Lipinski definition) is 1. The predicted octanol–water partition coefficient (Wildman–Crippen LogP) is 4.48. The Labute approximate surface area is 172 Å². The SMILES string of the molecule is Fc1ccc([C@H](NCc2ccc3c(c2)OCO3)c2nnc(-c3ccccc3)o2)cc1. The van der Waals surface area contributed by atoms with E-state index in [0.717, 1.165) is 28.2 Å². The number of nitrogens with zero attached hydrogens (tertiary/aromatic N) is 2. The van der Waals surface area contributed by atoms with Crippen LogP contribution < -0.4 is 14.8 Å². The summed E-state index contributed by atoms with van der Waals surface area (Å²) in [6, 6.07) is 21.2. The number of hydrogen-bond acceptors (Lipinski definition) is 6. The molecule has 0 bridgehead atoms. The Morgan fingerprint density at radius 3 is 2.53 bits per heavy atom. The normalized spacial score (nSPS) is 13.4. The van der Waals surface area contributed by atoms with E-state index in [1.165, 1.54) is 12.1 Å². The first-order valence-corrected chi connectivity index (χ1v) is 9.52. The predicted molar refractivity (Wildman–Crippen MR) is 107 cm³/mol. The lowest BCUT2D eigenvalue weighted by Gasteiger charge is -2.16. The van der Waals surface area contributed by atoms with Crippen LogP contribution in [0.4, 0.5) is 4.39 Å². The van der Waals surface area contributed by atoms with Gasteiger partial charge in [0.25, 0.3) is 0 Å².